The number of guanidine groups is 1. The Hall–Kier alpha value is -0.460. The summed E-state index contributed by atoms with van der Waals surface area (Å²) in [5.41, 5.74) is 0. The molecule has 1 N–H and O–H groups in total. The van der Waals surface area contributed by atoms with E-state index in [4.69, 9.17) is 4.74 Å². The lowest BCUT2D eigenvalue weighted by molar-refractivity contribution is 0.162. The fourth-order valence-electron chi connectivity index (χ4n) is 2.25. The van der Waals surface area contributed by atoms with E-state index in [9.17, 15) is 0 Å². The zero-order valence-corrected chi connectivity index (χ0v) is 14.4. The predicted molar refractivity (Wildman–Crippen MR) is 88.8 cm³/mol. The van der Waals surface area contributed by atoms with Crippen molar-refractivity contribution in [3.8, 4) is 0 Å². The standard InChI is InChI=1S/C14H30N4OS/c1-14(2)12-18(9-11-20-14)13(15-3)16-6-7-17(4)8-10-19-5/h6-12H2,1-5H3,(H,15,16). The zero-order valence-electron chi connectivity index (χ0n) is 13.6. The number of hydrogen-bond donors (Lipinski definition) is 1. The predicted octanol–water partition coefficient (Wildman–Crippen LogP) is 0.967. The average Bonchev–Trinajstić information content (AvgIpc) is 2.40. The first-order valence-electron chi connectivity index (χ1n) is 7.25. The Bertz CT molecular complexity index is 310. The normalized spacial score (nSPS) is 19.5. The van der Waals surface area contributed by atoms with Gasteiger partial charge < -0.3 is 19.9 Å². The van der Waals surface area contributed by atoms with Crippen LogP contribution < -0.4 is 5.32 Å². The van der Waals surface area contributed by atoms with E-state index in [-0.39, 0.29) is 0 Å². The third-order valence-corrected chi connectivity index (χ3v) is 4.69. The number of ether oxygens (including phenoxy) is 1. The molecule has 0 aliphatic carbocycles. The topological polar surface area (TPSA) is 40.1 Å². The highest BCUT2D eigenvalue weighted by Crippen LogP contribution is 2.29. The quantitative estimate of drug-likeness (QED) is 0.585. The summed E-state index contributed by atoms with van der Waals surface area (Å²) >= 11 is 2.04. The summed E-state index contributed by atoms with van der Waals surface area (Å²) in [5, 5.41) is 3.47. The molecule has 0 aromatic rings. The first-order valence-corrected chi connectivity index (χ1v) is 8.24. The van der Waals surface area contributed by atoms with Crippen molar-refractivity contribution >= 4 is 17.7 Å². The largest absolute Gasteiger partial charge is 0.383 e. The fraction of sp³-hybridized carbons (Fsp3) is 0.929. The second-order valence-electron chi connectivity index (χ2n) is 5.80. The molecule has 0 aromatic carbocycles. The van der Waals surface area contributed by atoms with E-state index < -0.39 is 0 Å². The second-order valence-corrected chi connectivity index (χ2v) is 7.60. The average molecular weight is 302 g/mol. The summed E-state index contributed by atoms with van der Waals surface area (Å²) in [4.78, 5) is 9.05. The van der Waals surface area contributed by atoms with Gasteiger partial charge >= 0.3 is 0 Å². The number of methoxy groups -OCH3 is 1. The van der Waals surface area contributed by atoms with Gasteiger partial charge in [-0.2, -0.15) is 11.8 Å². The molecule has 118 valence electrons. The van der Waals surface area contributed by atoms with Gasteiger partial charge in [0.2, 0.25) is 0 Å². The highest BCUT2D eigenvalue weighted by molar-refractivity contribution is 8.00. The number of hydrogen-bond acceptors (Lipinski definition) is 4. The van der Waals surface area contributed by atoms with Crippen molar-refractivity contribution in [3.05, 3.63) is 0 Å². The maximum Gasteiger partial charge on any atom is 0.193 e. The van der Waals surface area contributed by atoms with E-state index in [1.54, 1.807) is 7.11 Å². The van der Waals surface area contributed by atoms with Crippen molar-refractivity contribution in [2.24, 2.45) is 4.99 Å². The third-order valence-electron chi connectivity index (χ3n) is 3.39. The molecule has 0 unspecified atom stereocenters. The monoisotopic (exact) mass is 302 g/mol. The van der Waals surface area contributed by atoms with E-state index in [2.05, 4.69) is 41.0 Å². The summed E-state index contributed by atoms with van der Waals surface area (Å²) < 4.78 is 5.39. The highest BCUT2D eigenvalue weighted by Gasteiger charge is 2.28. The molecule has 0 bridgehead atoms. The van der Waals surface area contributed by atoms with Gasteiger partial charge in [0.05, 0.1) is 6.61 Å². The molecule has 0 spiro atoms. The second kappa shape index (κ2) is 8.74. The third kappa shape index (κ3) is 6.33. The molecule has 5 nitrogen and oxygen atoms in total. The van der Waals surface area contributed by atoms with Gasteiger partial charge in [0, 0.05) is 57.4 Å². The Morgan fingerprint density at radius 1 is 1.45 bits per heavy atom. The van der Waals surface area contributed by atoms with E-state index in [1.807, 2.05) is 18.8 Å². The molecule has 0 aromatic heterocycles. The van der Waals surface area contributed by atoms with Gasteiger partial charge in [0.25, 0.3) is 0 Å². The molecule has 1 heterocycles. The molecule has 0 saturated carbocycles. The Kier molecular flexibility index (Phi) is 7.69. The minimum Gasteiger partial charge on any atom is -0.383 e. The molecule has 20 heavy (non-hydrogen) atoms. The van der Waals surface area contributed by atoms with Gasteiger partial charge in [-0.1, -0.05) is 0 Å². The lowest BCUT2D eigenvalue weighted by Gasteiger charge is -2.39. The van der Waals surface area contributed by atoms with Crippen LogP contribution in [-0.4, -0.2) is 86.8 Å². The van der Waals surface area contributed by atoms with E-state index in [1.165, 1.54) is 5.75 Å². The van der Waals surface area contributed by atoms with Crippen LogP contribution in [0, 0.1) is 0 Å². The van der Waals surface area contributed by atoms with Crippen LogP contribution in [0.2, 0.25) is 0 Å². The SMILES string of the molecule is CN=C(NCCN(C)CCOC)N1CCSC(C)(C)C1. The van der Waals surface area contributed by atoms with E-state index in [0.29, 0.717) is 4.75 Å². The molecule has 6 heteroatoms. The van der Waals surface area contributed by atoms with Crippen LogP contribution in [0.25, 0.3) is 0 Å². The number of likely N-dealkylation sites (N-methyl/N-ethyl adjacent to an activating group) is 1. The van der Waals surface area contributed by atoms with Crippen molar-refractivity contribution in [1.29, 1.82) is 0 Å². The van der Waals surface area contributed by atoms with Crippen LogP contribution in [0.3, 0.4) is 0 Å². The summed E-state index contributed by atoms with van der Waals surface area (Å²) in [6.45, 7) is 10.4. The van der Waals surface area contributed by atoms with Gasteiger partial charge in [-0.3, -0.25) is 4.99 Å². The van der Waals surface area contributed by atoms with Gasteiger partial charge in [-0.25, -0.2) is 0 Å². The molecular formula is C14H30N4OS. The van der Waals surface area contributed by atoms with Crippen LogP contribution >= 0.6 is 11.8 Å². The van der Waals surface area contributed by atoms with Gasteiger partial charge in [0.1, 0.15) is 0 Å². The molecule has 0 amide bonds. The van der Waals surface area contributed by atoms with Crippen molar-refractivity contribution in [3.63, 3.8) is 0 Å². The number of aliphatic imine (C=N–C) groups is 1. The van der Waals surface area contributed by atoms with E-state index >= 15 is 0 Å². The van der Waals surface area contributed by atoms with Crippen LogP contribution in [0.15, 0.2) is 4.99 Å². The summed E-state index contributed by atoms with van der Waals surface area (Å²) in [5.74, 6) is 2.19. The Labute approximate surface area is 128 Å². The van der Waals surface area contributed by atoms with Crippen LogP contribution in [0.5, 0.6) is 0 Å². The van der Waals surface area contributed by atoms with Gasteiger partial charge in [0.15, 0.2) is 5.96 Å². The Morgan fingerprint density at radius 3 is 2.80 bits per heavy atom. The molecule has 1 aliphatic rings. The summed E-state index contributed by atoms with van der Waals surface area (Å²) in [7, 11) is 5.72. The maximum atomic E-state index is 5.08. The van der Waals surface area contributed by atoms with Crippen molar-refractivity contribution in [2.75, 3.05) is 66.3 Å². The molecular weight excluding hydrogens is 272 g/mol. The Morgan fingerprint density at radius 2 is 2.20 bits per heavy atom. The fourth-order valence-corrected chi connectivity index (χ4v) is 3.36. The smallest absolute Gasteiger partial charge is 0.193 e. The summed E-state index contributed by atoms with van der Waals surface area (Å²) in [6.07, 6.45) is 0. The number of nitrogens with zero attached hydrogens (tertiary/aromatic N) is 3. The molecule has 1 saturated heterocycles. The molecule has 1 rings (SSSR count). The van der Waals surface area contributed by atoms with Crippen molar-refractivity contribution in [1.82, 2.24) is 15.1 Å². The lowest BCUT2D eigenvalue weighted by atomic mass is 10.2. The number of thioether (sulfide) groups is 1. The van der Waals surface area contributed by atoms with E-state index in [0.717, 1.165) is 45.3 Å². The zero-order chi connectivity index (χ0) is 15.0. The Balaban J connectivity index is 2.33. The van der Waals surface area contributed by atoms with Gasteiger partial charge in [-0.15, -0.1) is 0 Å². The first-order chi connectivity index (χ1) is 9.48. The molecule has 1 fully saturated rings. The molecule has 0 radical (unpaired) electrons. The van der Waals surface area contributed by atoms with Crippen molar-refractivity contribution in [2.45, 2.75) is 18.6 Å². The minimum absolute atomic E-state index is 0.311. The first kappa shape index (κ1) is 17.6. The lowest BCUT2D eigenvalue weighted by Crippen LogP contribution is -2.51. The summed E-state index contributed by atoms with van der Waals surface area (Å²) in [6, 6.07) is 0. The van der Waals surface area contributed by atoms with Crippen LogP contribution in [0.4, 0.5) is 0 Å². The van der Waals surface area contributed by atoms with Gasteiger partial charge in [-0.05, 0) is 20.9 Å². The van der Waals surface area contributed by atoms with Crippen LogP contribution in [-0.2, 0) is 4.74 Å². The molecule has 1 aliphatic heterocycles. The van der Waals surface area contributed by atoms with Crippen LogP contribution in [0.1, 0.15) is 13.8 Å². The number of rotatable bonds is 6. The maximum absolute atomic E-state index is 5.08. The number of nitrogens with one attached hydrogen (secondary N) is 1. The van der Waals surface area contributed by atoms with Crippen molar-refractivity contribution < 1.29 is 4.74 Å². The minimum atomic E-state index is 0.311. The molecule has 0 atom stereocenters. The highest BCUT2D eigenvalue weighted by atomic mass is 32.2.